The molecule has 66 heavy (non-hydrogen) atoms. The molecule has 0 aromatic rings. The number of hydrogen-bond acceptors (Lipinski definition) is 5. The molecule has 0 rings (SSSR count). The molecular weight excluding hydrogens is 815 g/mol. The van der Waals surface area contributed by atoms with E-state index in [-0.39, 0.29) is 18.5 Å². The molecule has 0 bridgehead atoms. The predicted octanol–water partition coefficient (Wildman–Crippen LogP) is 18.5. The van der Waals surface area contributed by atoms with Gasteiger partial charge < -0.3 is 20.3 Å². The van der Waals surface area contributed by atoms with E-state index in [1.54, 1.807) is 0 Å². The van der Waals surface area contributed by atoms with Crippen LogP contribution >= 0.6 is 0 Å². The first kappa shape index (κ1) is 64.6. The fourth-order valence-electron chi connectivity index (χ4n) is 9.46. The molecule has 0 aromatic carbocycles. The highest BCUT2D eigenvalue weighted by atomic mass is 16.5. The maximum Gasteiger partial charge on any atom is 0.305 e. The van der Waals surface area contributed by atoms with Gasteiger partial charge in [0.25, 0.3) is 0 Å². The van der Waals surface area contributed by atoms with E-state index in [1.807, 2.05) is 0 Å². The first-order valence-electron chi connectivity index (χ1n) is 29.9. The highest BCUT2D eigenvalue weighted by Gasteiger charge is 2.20. The lowest BCUT2D eigenvalue weighted by atomic mass is 10.0. The summed E-state index contributed by atoms with van der Waals surface area (Å²) < 4.78 is 5.48. The summed E-state index contributed by atoms with van der Waals surface area (Å²) in [5.74, 6) is -0.0470. The number of rotatable bonds is 56. The van der Waals surface area contributed by atoms with Crippen molar-refractivity contribution < 1.29 is 24.5 Å². The Morgan fingerprint density at radius 2 is 0.712 bits per heavy atom. The van der Waals surface area contributed by atoms with Crippen molar-refractivity contribution >= 4 is 11.9 Å². The summed E-state index contributed by atoms with van der Waals surface area (Å²) in [6.07, 6.45) is 66.3. The zero-order valence-electron chi connectivity index (χ0n) is 44.7. The van der Waals surface area contributed by atoms with E-state index >= 15 is 0 Å². The van der Waals surface area contributed by atoms with Crippen molar-refractivity contribution in [3.63, 3.8) is 0 Å². The van der Waals surface area contributed by atoms with Crippen LogP contribution in [0.2, 0.25) is 0 Å². The van der Waals surface area contributed by atoms with E-state index in [2.05, 4.69) is 31.3 Å². The van der Waals surface area contributed by atoms with Crippen LogP contribution in [0.25, 0.3) is 0 Å². The van der Waals surface area contributed by atoms with Crippen molar-refractivity contribution in [1.82, 2.24) is 5.32 Å². The van der Waals surface area contributed by atoms with Gasteiger partial charge in [-0.3, -0.25) is 9.59 Å². The second-order valence-electron chi connectivity index (χ2n) is 20.7. The maximum absolute atomic E-state index is 12.5. The Labute approximate surface area is 412 Å². The third-order valence-corrected chi connectivity index (χ3v) is 14.1. The Bertz CT molecular complexity index is 986. The minimum Gasteiger partial charge on any atom is -0.466 e. The lowest BCUT2D eigenvalue weighted by molar-refractivity contribution is -0.143. The Balaban J connectivity index is 3.42. The number of esters is 1. The van der Waals surface area contributed by atoms with Crippen molar-refractivity contribution in [2.75, 3.05) is 13.2 Å². The van der Waals surface area contributed by atoms with Crippen LogP contribution in [0.15, 0.2) is 12.2 Å². The molecule has 6 heteroatoms. The van der Waals surface area contributed by atoms with Crippen LogP contribution in [0.5, 0.6) is 0 Å². The van der Waals surface area contributed by atoms with Gasteiger partial charge in [0.2, 0.25) is 5.91 Å². The molecular formula is C60H117NO5. The molecule has 0 spiro atoms. The third-order valence-electron chi connectivity index (χ3n) is 14.1. The second-order valence-corrected chi connectivity index (χ2v) is 20.7. The van der Waals surface area contributed by atoms with E-state index in [9.17, 15) is 19.8 Å². The van der Waals surface area contributed by atoms with E-state index < -0.39 is 12.1 Å². The number of carbonyl (C=O) groups excluding carboxylic acids is 2. The fourth-order valence-corrected chi connectivity index (χ4v) is 9.46. The summed E-state index contributed by atoms with van der Waals surface area (Å²) in [4.78, 5) is 24.6. The van der Waals surface area contributed by atoms with Crippen LogP contribution < -0.4 is 5.32 Å². The molecule has 2 unspecified atom stereocenters. The molecule has 0 heterocycles. The van der Waals surface area contributed by atoms with Crippen LogP contribution in [0.4, 0.5) is 0 Å². The number of nitrogens with one attached hydrogen (secondary N) is 1. The fraction of sp³-hybridized carbons (Fsp3) is 0.933. The summed E-state index contributed by atoms with van der Waals surface area (Å²) in [6, 6.07) is -0.549. The van der Waals surface area contributed by atoms with Crippen molar-refractivity contribution in [1.29, 1.82) is 0 Å². The first-order valence-corrected chi connectivity index (χ1v) is 29.9. The Kier molecular flexibility index (Phi) is 55.0. The molecule has 0 fully saturated rings. The molecule has 0 saturated carbocycles. The van der Waals surface area contributed by atoms with E-state index in [0.717, 1.165) is 51.4 Å². The van der Waals surface area contributed by atoms with Gasteiger partial charge in [-0.2, -0.15) is 0 Å². The lowest BCUT2D eigenvalue weighted by Gasteiger charge is -2.22. The van der Waals surface area contributed by atoms with Gasteiger partial charge in [0.05, 0.1) is 25.4 Å². The minimum absolute atomic E-state index is 0.00449. The monoisotopic (exact) mass is 932 g/mol. The van der Waals surface area contributed by atoms with Gasteiger partial charge in [-0.25, -0.2) is 0 Å². The Morgan fingerprint density at radius 1 is 0.409 bits per heavy atom. The van der Waals surface area contributed by atoms with Gasteiger partial charge in [-0.05, 0) is 51.4 Å². The Hall–Kier alpha value is -1.40. The van der Waals surface area contributed by atoms with E-state index in [4.69, 9.17) is 4.74 Å². The average molecular weight is 933 g/mol. The zero-order valence-corrected chi connectivity index (χ0v) is 44.7. The SMILES string of the molecule is CCCCCCCC/C=C\CCCCCCCCCC(=O)OCCCCCCCCCCCCCCCCC(=O)NC(CO)C(O)CCCCCCCCCCCCCCCCCCCC. The van der Waals surface area contributed by atoms with Crippen molar-refractivity contribution in [3.8, 4) is 0 Å². The highest BCUT2D eigenvalue weighted by Crippen LogP contribution is 2.18. The van der Waals surface area contributed by atoms with Crippen molar-refractivity contribution in [3.05, 3.63) is 12.2 Å². The molecule has 6 nitrogen and oxygen atoms in total. The lowest BCUT2D eigenvalue weighted by Crippen LogP contribution is -2.45. The zero-order chi connectivity index (χ0) is 47.9. The quantitative estimate of drug-likeness (QED) is 0.0321. The molecule has 0 aliphatic carbocycles. The highest BCUT2D eigenvalue weighted by molar-refractivity contribution is 5.76. The number of amides is 1. The van der Waals surface area contributed by atoms with Crippen LogP contribution in [0, 0.1) is 0 Å². The molecule has 0 saturated heterocycles. The number of aliphatic hydroxyl groups excluding tert-OH is 2. The predicted molar refractivity (Wildman–Crippen MR) is 287 cm³/mol. The van der Waals surface area contributed by atoms with Gasteiger partial charge in [-0.15, -0.1) is 0 Å². The standard InChI is InChI=1S/C60H117NO5/c1-3-5-7-9-11-13-15-17-19-21-23-24-28-32-36-40-44-48-52-58(63)57(56-62)61-59(64)53-49-45-41-37-33-29-26-27-31-35-39-43-47-51-55-66-60(65)54-50-46-42-38-34-30-25-22-20-18-16-14-12-10-8-6-4-2/h18,20,57-58,62-63H,3-17,19,21-56H2,1-2H3,(H,61,64)/b20-18-. The number of aliphatic hydroxyl groups is 2. The molecule has 0 radical (unpaired) electrons. The number of ether oxygens (including phenoxy) is 1. The molecule has 0 aliphatic rings. The normalized spacial score (nSPS) is 12.6. The molecule has 3 N–H and O–H groups in total. The van der Waals surface area contributed by atoms with Crippen LogP contribution in [0.1, 0.15) is 335 Å². The van der Waals surface area contributed by atoms with Gasteiger partial charge in [-0.1, -0.05) is 283 Å². The largest absolute Gasteiger partial charge is 0.466 e. The maximum atomic E-state index is 12.5. The van der Waals surface area contributed by atoms with Crippen LogP contribution in [-0.2, 0) is 14.3 Å². The van der Waals surface area contributed by atoms with Gasteiger partial charge in [0, 0.05) is 12.8 Å². The average Bonchev–Trinajstić information content (AvgIpc) is 3.32. The number of unbranched alkanes of at least 4 members (excludes halogenated alkanes) is 43. The van der Waals surface area contributed by atoms with Crippen LogP contribution in [0.3, 0.4) is 0 Å². The van der Waals surface area contributed by atoms with E-state index in [1.165, 1.54) is 250 Å². The molecule has 0 aliphatic heterocycles. The Morgan fingerprint density at radius 3 is 1.08 bits per heavy atom. The van der Waals surface area contributed by atoms with Gasteiger partial charge in [0.15, 0.2) is 0 Å². The van der Waals surface area contributed by atoms with Gasteiger partial charge >= 0.3 is 5.97 Å². The minimum atomic E-state index is -0.671. The molecule has 2 atom stereocenters. The van der Waals surface area contributed by atoms with E-state index in [0.29, 0.717) is 25.9 Å². The van der Waals surface area contributed by atoms with Crippen molar-refractivity contribution in [2.24, 2.45) is 0 Å². The summed E-state index contributed by atoms with van der Waals surface area (Å²) >= 11 is 0. The number of carbonyl (C=O) groups is 2. The van der Waals surface area contributed by atoms with Crippen molar-refractivity contribution in [2.45, 2.75) is 347 Å². The summed E-state index contributed by atoms with van der Waals surface area (Å²) in [5, 5.41) is 23.3. The number of allylic oxidation sites excluding steroid dienone is 2. The molecule has 392 valence electrons. The summed E-state index contributed by atoms with van der Waals surface area (Å²) in [5.41, 5.74) is 0. The smallest absolute Gasteiger partial charge is 0.305 e. The molecule has 0 aromatic heterocycles. The number of hydrogen-bond donors (Lipinski definition) is 3. The summed E-state index contributed by atoms with van der Waals surface area (Å²) in [6.45, 7) is 4.95. The molecule has 1 amide bonds. The third kappa shape index (κ3) is 52.0. The van der Waals surface area contributed by atoms with Crippen LogP contribution in [-0.4, -0.2) is 47.4 Å². The topological polar surface area (TPSA) is 95.9 Å². The first-order chi connectivity index (χ1) is 32.5. The van der Waals surface area contributed by atoms with Gasteiger partial charge in [0.1, 0.15) is 0 Å². The second kappa shape index (κ2) is 56.2. The summed E-state index contributed by atoms with van der Waals surface area (Å²) in [7, 11) is 0.